The summed E-state index contributed by atoms with van der Waals surface area (Å²) in [6.45, 7) is 7.42. The Morgan fingerprint density at radius 1 is 0.865 bits per heavy atom. The van der Waals surface area contributed by atoms with E-state index in [0.717, 1.165) is 0 Å². The third kappa shape index (κ3) is 14.0. The number of guanidine groups is 1. The number of carboxylic acid groups (broad SMARTS) is 1. The summed E-state index contributed by atoms with van der Waals surface area (Å²) < 4.78 is 0. The van der Waals surface area contributed by atoms with E-state index < -0.39 is 53.8 Å². The number of carbonyl (C=O) groups is 5. The van der Waals surface area contributed by atoms with Crippen LogP contribution in [0.15, 0.2) is 4.99 Å². The summed E-state index contributed by atoms with van der Waals surface area (Å²) in [5.74, 6) is -4.32. The lowest BCUT2D eigenvalue weighted by molar-refractivity contribution is -0.144. The molecule has 0 aromatic heterocycles. The second-order valence-corrected chi connectivity index (χ2v) is 9.52. The van der Waals surface area contributed by atoms with E-state index in [1.165, 1.54) is 0 Å². The minimum atomic E-state index is -1.21. The van der Waals surface area contributed by atoms with Gasteiger partial charge in [0.25, 0.3) is 0 Å². The SMILES string of the molecule is CCC(C)C(NC(=O)C(CCCN=C(N)N)NC(=O)C(CCC(N)=O)NC(=O)C(N)CC(C)C)C(=O)O. The highest BCUT2D eigenvalue weighted by Gasteiger charge is 2.32. The lowest BCUT2D eigenvalue weighted by Crippen LogP contribution is -2.57. The number of rotatable bonds is 18. The number of nitrogens with two attached hydrogens (primary N) is 4. The number of amides is 4. The van der Waals surface area contributed by atoms with E-state index in [-0.39, 0.29) is 50.0 Å². The Bertz CT molecular complexity index is 815. The molecule has 0 aromatic rings. The number of carbonyl (C=O) groups excluding carboxylic acids is 4. The number of hydrogen-bond donors (Lipinski definition) is 8. The Kier molecular flexibility index (Phi) is 15.5. The van der Waals surface area contributed by atoms with Crippen molar-refractivity contribution < 1.29 is 29.1 Å². The summed E-state index contributed by atoms with van der Waals surface area (Å²) in [6.07, 6.45) is 0.913. The van der Waals surface area contributed by atoms with Crippen LogP contribution < -0.4 is 38.9 Å². The van der Waals surface area contributed by atoms with Gasteiger partial charge in [-0.2, -0.15) is 0 Å². The standard InChI is InChI=1S/C23H44N8O6/c1-5-13(4)18(22(36)37)31-21(35)15(7-6-10-28-23(26)27)30-20(34)16(8-9-17(25)32)29-19(33)14(24)11-12(2)3/h12-16,18H,5-11,24H2,1-4H3,(H2,25,32)(H,29,33)(H,30,34)(H,31,35)(H,36,37)(H4,26,27,28). The zero-order valence-corrected chi connectivity index (χ0v) is 22.2. The van der Waals surface area contributed by atoms with Crippen molar-refractivity contribution in [3.05, 3.63) is 0 Å². The largest absolute Gasteiger partial charge is 0.480 e. The van der Waals surface area contributed by atoms with Crippen LogP contribution in [0.25, 0.3) is 0 Å². The van der Waals surface area contributed by atoms with Gasteiger partial charge in [0.15, 0.2) is 5.96 Å². The van der Waals surface area contributed by atoms with Crippen molar-refractivity contribution in [2.24, 2.45) is 39.8 Å². The molecule has 5 atom stereocenters. The van der Waals surface area contributed by atoms with Crippen molar-refractivity contribution in [1.82, 2.24) is 16.0 Å². The third-order valence-corrected chi connectivity index (χ3v) is 5.73. The maximum absolute atomic E-state index is 13.1. The maximum Gasteiger partial charge on any atom is 0.326 e. The minimum absolute atomic E-state index is 0.0740. The molecule has 0 heterocycles. The van der Waals surface area contributed by atoms with E-state index in [9.17, 15) is 29.1 Å². The molecule has 0 fully saturated rings. The Morgan fingerprint density at radius 3 is 1.89 bits per heavy atom. The maximum atomic E-state index is 13.1. The third-order valence-electron chi connectivity index (χ3n) is 5.73. The highest BCUT2D eigenvalue weighted by Crippen LogP contribution is 2.10. The van der Waals surface area contributed by atoms with Crippen molar-refractivity contribution >= 4 is 35.6 Å². The second-order valence-electron chi connectivity index (χ2n) is 9.52. The fraction of sp³-hybridized carbons (Fsp3) is 0.739. The number of hydrogen-bond acceptors (Lipinski definition) is 7. The Hall–Kier alpha value is -3.42. The van der Waals surface area contributed by atoms with Gasteiger partial charge in [-0.1, -0.05) is 34.1 Å². The van der Waals surface area contributed by atoms with Crippen LogP contribution in [-0.4, -0.2) is 71.4 Å². The topological polar surface area (TPSA) is 258 Å². The summed E-state index contributed by atoms with van der Waals surface area (Å²) in [5.41, 5.74) is 21.8. The van der Waals surface area contributed by atoms with Crippen LogP contribution in [0.3, 0.4) is 0 Å². The highest BCUT2D eigenvalue weighted by molar-refractivity contribution is 5.94. The average Bonchev–Trinajstić information content (AvgIpc) is 2.79. The van der Waals surface area contributed by atoms with E-state index >= 15 is 0 Å². The molecule has 0 radical (unpaired) electrons. The number of aliphatic carboxylic acids is 1. The van der Waals surface area contributed by atoms with E-state index in [1.807, 2.05) is 13.8 Å². The van der Waals surface area contributed by atoms with E-state index in [1.54, 1.807) is 13.8 Å². The number of nitrogens with one attached hydrogen (secondary N) is 3. The van der Waals surface area contributed by atoms with Crippen molar-refractivity contribution in [3.63, 3.8) is 0 Å². The van der Waals surface area contributed by atoms with Gasteiger partial charge in [-0.25, -0.2) is 4.79 Å². The second kappa shape index (κ2) is 17.1. The number of aliphatic imine (C=N–C) groups is 1. The first-order valence-corrected chi connectivity index (χ1v) is 12.4. The smallest absolute Gasteiger partial charge is 0.326 e. The zero-order chi connectivity index (χ0) is 28.7. The van der Waals surface area contributed by atoms with Gasteiger partial charge in [0.1, 0.15) is 18.1 Å². The van der Waals surface area contributed by atoms with E-state index in [0.29, 0.717) is 12.8 Å². The van der Waals surface area contributed by atoms with Gasteiger partial charge in [0.2, 0.25) is 23.6 Å². The molecular formula is C23H44N8O6. The molecule has 0 bridgehead atoms. The lowest BCUT2D eigenvalue weighted by atomic mass is 9.98. The summed E-state index contributed by atoms with van der Waals surface area (Å²) in [4.78, 5) is 65.5. The van der Waals surface area contributed by atoms with Crippen LogP contribution in [0.4, 0.5) is 0 Å². The summed E-state index contributed by atoms with van der Waals surface area (Å²) >= 11 is 0. The predicted molar refractivity (Wildman–Crippen MR) is 139 cm³/mol. The Morgan fingerprint density at radius 2 is 1.41 bits per heavy atom. The highest BCUT2D eigenvalue weighted by atomic mass is 16.4. The van der Waals surface area contributed by atoms with Gasteiger partial charge >= 0.3 is 5.97 Å². The van der Waals surface area contributed by atoms with Gasteiger partial charge in [0, 0.05) is 13.0 Å². The molecule has 0 aromatic carbocycles. The van der Waals surface area contributed by atoms with E-state index in [2.05, 4.69) is 20.9 Å². The summed E-state index contributed by atoms with van der Waals surface area (Å²) in [6, 6.07) is -4.41. The lowest BCUT2D eigenvalue weighted by Gasteiger charge is -2.26. The molecule has 12 N–H and O–H groups in total. The summed E-state index contributed by atoms with van der Waals surface area (Å²) in [5, 5.41) is 17.1. The van der Waals surface area contributed by atoms with Crippen LogP contribution in [0.5, 0.6) is 0 Å². The van der Waals surface area contributed by atoms with Gasteiger partial charge in [-0.3, -0.25) is 24.2 Å². The Balaban J connectivity index is 5.74. The molecule has 0 aliphatic carbocycles. The first kappa shape index (κ1) is 33.6. The molecule has 0 aliphatic heterocycles. The van der Waals surface area contributed by atoms with Crippen molar-refractivity contribution in [2.45, 2.75) is 90.4 Å². The minimum Gasteiger partial charge on any atom is -0.480 e. The fourth-order valence-electron chi connectivity index (χ4n) is 3.43. The fourth-order valence-corrected chi connectivity index (χ4v) is 3.43. The van der Waals surface area contributed by atoms with E-state index in [4.69, 9.17) is 22.9 Å². The molecule has 0 rings (SSSR count). The zero-order valence-electron chi connectivity index (χ0n) is 22.2. The van der Waals surface area contributed by atoms with Crippen LogP contribution in [0, 0.1) is 11.8 Å². The number of carboxylic acids is 1. The average molecular weight is 529 g/mol. The number of primary amides is 1. The molecular weight excluding hydrogens is 484 g/mol. The normalized spacial score (nSPS) is 15.0. The first-order chi connectivity index (χ1) is 17.2. The molecule has 212 valence electrons. The number of nitrogens with zero attached hydrogens (tertiary/aromatic N) is 1. The van der Waals surface area contributed by atoms with Crippen molar-refractivity contribution in [2.75, 3.05) is 6.54 Å². The van der Waals surface area contributed by atoms with Crippen molar-refractivity contribution in [3.8, 4) is 0 Å². The molecule has 0 saturated carbocycles. The van der Waals surface area contributed by atoms with Crippen LogP contribution in [-0.2, 0) is 24.0 Å². The monoisotopic (exact) mass is 528 g/mol. The van der Waals surface area contributed by atoms with Crippen molar-refractivity contribution in [1.29, 1.82) is 0 Å². The molecule has 37 heavy (non-hydrogen) atoms. The molecule has 5 unspecified atom stereocenters. The molecule has 14 nitrogen and oxygen atoms in total. The van der Waals surface area contributed by atoms with Gasteiger partial charge < -0.3 is 44.0 Å². The summed E-state index contributed by atoms with van der Waals surface area (Å²) in [7, 11) is 0. The van der Waals surface area contributed by atoms with Crippen LogP contribution in [0.2, 0.25) is 0 Å². The van der Waals surface area contributed by atoms with Gasteiger partial charge in [0.05, 0.1) is 6.04 Å². The van der Waals surface area contributed by atoms with Gasteiger partial charge in [-0.05, 0) is 37.5 Å². The molecule has 4 amide bonds. The van der Waals surface area contributed by atoms with Crippen LogP contribution in [0.1, 0.15) is 66.2 Å². The van der Waals surface area contributed by atoms with Crippen LogP contribution >= 0.6 is 0 Å². The predicted octanol–water partition coefficient (Wildman–Crippen LogP) is -1.74. The first-order valence-electron chi connectivity index (χ1n) is 12.4. The molecule has 14 heteroatoms. The quantitative estimate of drug-likeness (QED) is 0.0569. The van der Waals surface area contributed by atoms with Gasteiger partial charge in [-0.15, -0.1) is 0 Å². The molecule has 0 aliphatic rings. The molecule has 0 saturated heterocycles. The molecule has 0 spiro atoms. The Labute approximate surface area is 217 Å².